The molecule has 0 aliphatic carbocycles. The first-order valence-electron chi connectivity index (χ1n) is 18.1. The fraction of sp³-hybridized carbons (Fsp3) is 0.250. The van der Waals surface area contributed by atoms with Crippen LogP contribution in [0.4, 0.5) is 17.6 Å². The van der Waals surface area contributed by atoms with E-state index in [9.17, 15) is 44.0 Å². The molecule has 0 bridgehead atoms. The summed E-state index contributed by atoms with van der Waals surface area (Å²) in [5, 5.41) is 18.0. The van der Waals surface area contributed by atoms with E-state index in [0.717, 1.165) is 36.4 Å². The lowest BCUT2D eigenvalue weighted by molar-refractivity contribution is -0.133. The van der Waals surface area contributed by atoms with Crippen LogP contribution >= 0.6 is 0 Å². The summed E-state index contributed by atoms with van der Waals surface area (Å²) in [5.41, 5.74) is -0.285. The summed E-state index contributed by atoms with van der Waals surface area (Å²) < 4.78 is 126. The van der Waals surface area contributed by atoms with Gasteiger partial charge in [0.05, 0.1) is 9.79 Å². The summed E-state index contributed by atoms with van der Waals surface area (Å²) in [6, 6.07) is 13.5. The van der Waals surface area contributed by atoms with Crippen LogP contribution in [-0.4, -0.2) is 101 Å². The van der Waals surface area contributed by atoms with E-state index in [0.29, 0.717) is 39.3 Å². The molecule has 0 atom stereocenters. The van der Waals surface area contributed by atoms with Gasteiger partial charge in [0.15, 0.2) is 34.8 Å². The normalized spacial score (nSPS) is 14.6. The van der Waals surface area contributed by atoms with Crippen LogP contribution in [0.1, 0.15) is 25.0 Å². The number of rotatable bonds is 18. The molecule has 0 saturated carbocycles. The average molecular weight is 877 g/mol. The summed E-state index contributed by atoms with van der Waals surface area (Å²) in [4.78, 5) is 25.9. The topological polar surface area (TPSA) is 192 Å². The Hall–Kier alpha value is -5.64. The maximum atomic E-state index is 14.6. The second kappa shape index (κ2) is 19.6. The Balaban J connectivity index is 1.03. The van der Waals surface area contributed by atoms with Crippen LogP contribution in [0.3, 0.4) is 0 Å². The lowest BCUT2D eigenvalue weighted by Crippen LogP contribution is -2.49. The molecule has 0 amide bonds. The zero-order valence-corrected chi connectivity index (χ0v) is 33.8. The molecule has 1 aliphatic heterocycles. The van der Waals surface area contributed by atoms with Crippen molar-refractivity contribution in [3.63, 3.8) is 0 Å². The summed E-state index contributed by atoms with van der Waals surface area (Å²) in [6.07, 6.45) is 2.20. The minimum atomic E-state index is -3.94. The number of hydrogen-bond donors (Lipinski definition) is 4. The molecule has 1 fully saturated rings. The van der Waals surface area contributed by atoms with Crippen molar-refractivity contribution in [1.29, 1.82) is 0 Å². The fourth-order valence-corrected chi connectivity index (χ4v) is 7.88. The smallest absolute Gasteiger partial charge is 0.331 e. The van der Waals surface area contributed by atoms with Crippen molar-refractivity contribution in [3.05, 3.63) is 118 Å². The van der Waals surface area contributed by atoms with Crippen molar-refractivity contribution in [2.45, 2.75) is 23.6 Å². The predicted molar refractivity (Wildman–Crippen MR) is 212 cm³/mol. The maximum Gasteiger partial charge on any atom is 0.331 e. The first-order valence-corrected chi connectivity index (χ1v) is 21.1. The van der Waals surface area contributed by atoms with Crippen molar-refractivity contribution in [2.75, 3.05) is 52.4 Å². The highest BCUT2D eigenvalue weighted by Gasteiger charge is 2.21. The third-order valence-corrected chi connectivity index (χ3v) is 12.0. The lowest BCUT2D eigenvalue weighted by Gasteiger charge is -2.34. The minimum absolute atomic E-state index is 0.0168. The highest BCUT2D eigenvalue weighted by Crippen LogP contribution is 2.31. The number of sulfonamides is 2. The van der Waals surface area contributed by atoms with Crippen LogP contribution in [0.15, 0.2) is 93.7 Å². The molecule has 320 valence electrons. The number of nitrogens with one attached hydrogen (secondary N) is 2. The summed E-state index contributed by atoms with van der Waals surface area (Å²) in [5.74, 6) is -8.36. The SMILES string of the molecule is C/C(=C\c1cc(F)c(Oc2ccc(S(=O)(=O)NCCN3CCN(CCNS(=O)(=O)c4ccc(Oc5c(F)cc(/C=C(\C)C(=O)O)cc5F)cc4)CC3)cc2)c(F)c1)C(=O)O. The first kappa shape index (κ1) is 45.4. The Bertz CT molecular complexity index is 2290. The van der Waals surface area contributed by atoms with Gasteiger partial charge in [-0.2, -0.15) is 0 Å². The van der Waals surface area contributed by atoms with Crippen LogP contribution in [0.5, 0.6) is 23.0 Å². The quantitative estimate of drug-likeness (QED) is 0.0708. The van der Waals surface area contributed by atoms with Gasteiger partial charge in [0, 0.05) is 63.5 Å². The highest BCUT2D eigenvalue weighted by molar-refractivity contribution is 7.89. The van der Waals surface area contributed by atoms with Crippen LogP contribution in [-0.2, 0) is 29.6 Å². The molecular formula is C40H40F4N4O10S2. The summed E-state index contributed by atoms with van der Waals surface area (Å²) in [7, 11) is -7.89. The number of carboxylic acids is 2. The van der Waals surface area contributed by atoms with E-state index >= 15 is 0 Å². The molecule has 4 N–H and O–H groups in total. The van der Waals surface area contributed by atoms with Gasteiger partial charge in [-0.15, -0.1) is 0 Å². The zero-order valence-electron chi connectivity index (χ0n) is 32.1. The lowest BCUT2D eigenvalue weighted by atomic mass is 10.1. The number of carbonyl (C=O) groups is 2. The van der Waals surface area contributed by atoms with Crippen LogP contribution in [0.2, 0.25) is 0 Å². The molecule has 4 aromatic carbocycles. The number of ether oxygens (including phenoxy) is 2. The Morgan fingerprint density at radius 1 is 0.600 bits per heavy atom. The van der Waals surface area contributed by atoms with Gasteiger partial charge in [0.2, 0.25) is 20.0 Å². The molecular weight excluding hydrogens is 837 g/mol. The van der Waals surface area contributed by atoms with Gasteiger partial charge < -0.3 is 19.7 Å². The largest absolute Gasteiger partial charge is 0.478 e. The maximum absolute atomic E-state index is 14.6. The molecule has 0 radical (unpaired) electrons. The molecule has 0 aromatic heterocycles. The van der Waals surface area contributed by atoms with E-state index in [1.165, 1.54) is 62.4 Å². The second-order valence-electron chi connectivity index (χ2n) is 13.5. The first-order chi connectivity index (χ1) is 28.3. The number of aliphatic carboxylic acids is 2. The van der Waals surface area contributed by atoms with Crippen LogP contribution in [0, 0.1) is 23.3 Å². The number of hydrogen-bond acceptors (Lipinski definition) is 10. The molecule has 1 aliphatic rings. The van der Waals surface area contributed by atoms with Gasteiger partial charge in [0.1, 0.15) is 11.5 Å². The predicted octanol–water partition coefficient (Wildman–Crippen LogP) is 5.68. The number of carboxylic acid groups (broad SMARTS) is 2. The van der Waals surface area contributed by atoms with Crippen molar-refractivity contribution >= 4 is 44.1 Å². The molecule has 0 spiro atoms. The van der Waals surface area contributed by atoms with Gasteiger partial charge >= 0.3 is 11.9 Å². The standard InChI is InChI=1S/C40H40F4N4O10S2/c1-25(39(49)50)19-27-21-33(41)37(34(42)22-27)57-29-3-7-31(8-4-29)59(53,54)45-11-13-47-15-17-48(18-16-47)14-12-46-60(55,56)32-9-5-30(6-10-32)58-38-35(43)23-28(24-36(38)44)20-26(2)40(51)52/h3-10,19-24,45-46H,11-18H2,1-2H3,(H,49,50)(H,51,52)/b25-19+,26-20+. The Morgan fingerprint density at radius 3 is 1.18 bits per heavy atom. The molecule has 14 nitrogen and oxygen atoms in total. The second-order valence-corrected chi connectivity index (χ2v) is 17.1. The molecule has 5 rings (SSSR count). The molecule has 20 heteroatoms. The third kappa shape index (κ3) is 12.2. The van der Waals surface area contributed by atoms with Crippen molar-refractivity contribution in [1.82, 2.24) is 19.2 Å². The zero-order chi connectivity index (χ0) is 43.8. The number of benzene rings is 4. The highest BCUT2D eigenvalue weighted by atomic mass is 32.2. The fourth-order valence-electron chi connectivity index (χ4n) is 5.83. The van der Waals surface area contributed by atoms with Crippen molar-refractivity contribution in [3.8, 4) is 23.0 Å². The van der Waals surface area contributed by atoms with E-state index in [1.54, 1.807) is 0 Å². The van der Waals surface area contributed by atoms with Gasteiger partial charge in [-0.25, -0.2) is 53.4 Å². The van der Waals surface area contributed by atoms with Crippen LogP contribution < -0.4 is 18.9 Å². The van der Waals surface area contributed by atoms with Gasteiger partial charge in [-0.3, -0.25) is 9.80 Å². The Kier molecular flexibility index (Phi) is 14.9. The molecule has 0 unspecified atom stereocenters. The van der Waals surface area contributed by atoms with E-state index < -0.39 is 66.8 Å². The molecule has 1 saturated heterocycles. The van der Waals surface area contributed by atoms with E-state index in [-0.39, 0.29) is 56.7 Å². The van der Waals surface area contributed by atoms with E-state index in [1.807, 2.05) is 9.80 Å². The molecule has 4 aromatic rings. The molecule has 1 heterocycles. The average Bonchev–Trinajstić information content (AvgIpc) is 3.18. The Morgan fingerprint density at radius 2 is 0.900 bits per heavy atom. The van der Waals surface area contributed by atoms with Crippen LogP contribution in [0.25, 0.3) is 12.2 Å². The van der Waals surface area contributed by atoms with Crippen molar-refractivity contribution in [2.24, 2.45) is 0 Å². The van der Waals surface area contributed by atoms with E-state index in [4.69, 9.17) is 19.7 Å². The third-order valence-electron chi connectivity index (χ3n) is 9.10. The number of nitrogens with zero attached hydrogens (tertiary/aromatic N) is 2. The summed E-state index contributed by atoms with van der Waals surface area (Å²) >= 11 is 0. The monoisotopic (exact) mass is 876 g/mol. The number of piperazine rings is 1. The van der Waals surface area contributed by atoms with Gasteiger partial charge in [0.25, 0.3) is 0 Å². The number of halogens is 4. The Labute approximate surface area is 343 Å². The van der Waals surface area contributed by atoms with Gasteiger partial charge in [-0.1, -0.05) is 0 Å². The van der Waals surface area contributed by atoms with Crippen molar-refractivity contribution < 1.29 is 63.7 Å². The minimum Gasteiger partial charge on any atom is -0.478 e. The summed E-state index contributed by atoms with van der Waals surface area (Å²) in [6.45, 7) is 5.88. The molecule has 60 heavy (non-hydrogen) atoms. The van der Waals surface area contributed by atoms with E-state index in [2.05, 4.69) is 9.44 Å². The van der Waals surface area contributed by atoms with Gasteiger partial charge in [-0.05, 0) is 110 Å².